The van der Waals surface area contributed by atoms with Gasteiger partial charge in [0.05, 0.1) is 0 Å². The maximum Gasteiger partial charge on any atom is 0.325 e. The van der Waals surface area contributed by atoms with E-state index in [0.717, 1.165) is 16.9 Å². The lowest BCUT2D eigenvalue weighted by Crippen LogP contribution is -2.45. The monoisotopic (exact) mass is 303 g/mol. The Morgan fingerprint density at radius 2 is 1.86 bits per heavy atom. The third kappa shape index (κ3) is 2.68. The molecule has 6 heteroatoms. The third-order valence-corrected chi connectivity index (χ3v) is 3.86. The van der Waals surface area contributed by atoms with Crippen LogP contribution < -0.4 is 5.32 Å². The van der Waals surface area contributed by atoms with Crippen molar-refractivity contribution in [3.63, 3.8) is 0 Å². The Morgan fingerprint density at radius 3 is 2.41 bits per heavy atom. The second-order valence-electron chi connectivity index (χ2n) is 5.63. The van der Waals surface area contributed by atoms with Crippen LogP contribution in [0.15, 0.2) is 30.3 Å². The van der Waals surface area contributed by atoms with E-state index in [0.29, 0.717) is 6.42 Å². The average molecular weight is 303 g/mol. The zero-order valence-electron chi connectivity index (χ0n) is 13.1. The summed E-state index contributed by atoms with van der Waals surface area (Å²) >= 11 is 0. The SMILES string of the molecule is CCC[C@]1(c2ccccc2)NC(=O)N(CC(=O)N(C)C)C1=O. The predicted molar refractivity (Wildman–Crippen MR) is 82.0 cm³/mol. The second-order valence-corrected chi connectivity index (χ2v) is 5.63. The van der Waals surface area contributed by atoms with Gasteiger partial charge in [-0.15, -0.1) is 0 Å². The van der Waals surface area contributed by atoms with E-state index in [1.807, 2.05) is 37.3 Å². The highest BCUT2D eigenvalue weighted by molar-refractivity contribution is 6.09. The van der Waals surface area contributed by atoms with Gasteiger partial charge in [-0.3, -0.25) is 14.5 Å². The predicted octanol–water partition coefficient (Wildman–Crippen LogP) is 1.32. The molecule has 0 aromatic heterocycles. The Labute approximate surface area is 130 Å². The zero-order valence-corrected chi connectivity index (χ0v) is 13.1. The van der Waals surface area contributed by atoms with Crippen LogP contribution in [0.2, 0.25) is 0 Å². The van der Waals surface area contributed by atoms with E-state index in [1.54, 1.807) is 14.1 Å². The number of hydrogen-bond donors (Lipinski definition) is 1. The number of amides is 4. The largest absolute Gasteiger partial charge is 0.347 e. The van der Waals surface area contributed by atoms with E-state index < -0.39 is 11.6 Å². The molecule has 1 saturated heterocycles. The van der Waals surface area contributed by atoms with Gasteiger partial charge < -0.3 is 10.2 Å². The Hall–Kier alpha value is -2.37. The number of carbonyl (C=O) groups excluding carboxylic acids is 3. The van der Waals surface area contributed by atoms with Crippen molar-refractivity contribution in [2.75, 3.05) is 20.6 Å². The lowest BCUT2D eigenvalue weighted by Gasteiger charge is -2.27. The van der Waals surface area contributed by atoms with Crippen LogP contribution in [-0.4, -0.2) is 48.3 Å². The Bertz CT molecular complexity index is 586. The van der Waals surface area contributed by atoms with Gasteiger partial charge in [0.2, 0.25) is 5.91 Å². The lowest BCUT2D eigenvalue weighted by atomic mass is 9.85. The summed E-state index contributed by atoms with van der Waals surface area (Å²) in [7, 11) is 3.19. The minimum atomic E-state index is -1.07. The van der Waals surface area contributed by atoms with Gasteiger partial charge in [-0.2, -0.15) is 0 Å². The number of rotatable bonds is 5. The van der Waals surface area contributed by atoms with Crippen molar-refractivity contribution >= 4 is 17.8 Å². The molecule has 0 spiro atoms. The molecular formula is C16H21N3O3. The summed E-state index contributed by atoms with van der Waals surface area (Å²) in [5.41, 5.74) is -0.324. The lowest BCUT2D eigenvalue weighted by molar-refractivity contribution is -0.138. The molecule has 1 fully saturated rings. The summed E-state index contributed by atoms with van der Waals surface area (Å²) < 4.78 is 0. The molecule has 1 aromatic rings. The molecule has 1 atom stereocenters. The molecule has 0 bridgehead atoms. The topological polar surface area (TPSA) is 69.7 Å². The molecule has 1 aliphatic heterocycles. The summed E-state index contributed by atoms with van der Waals surface area (Å²) in [6.07, 6.45) is 1.23. The summed E-state index contributed by atoms with van der Waals surface area (Å²) in [4.78, 5) is 39.3. The van der Waals surface area contributed by atoms with Gasteiger partial charge in [-0.05, 0) is 12.0 Å². The number of carbonyl (C=O) groups is 3. The first-order chi connectivity index (χ1) is 10.4. The first-order valence-electron chi connectivity index (χ1n) is 7.32. The van der Waals surface area contributed by atoms with Crippen LogP contribution in [0.5, 0.6) is 0 Å². The molecule has 118 valence electrons. The first-order valence-corrected chi connectivity index (χ1v) is 7.32. The number of nitrogens with zero attached hydrogens (tertiary/aromatic N) is 2. The molecule has 1 heterocycles. The van der Waals surface area contributed by atoms with E-state index in [2.05, 4.69) is 5.32 Å². The smallest absolute Gasteiger partial charge is 0.325 e. The Kier molecular flexibility index (Phi) is 4.49. The Morgan fingerprint density at radius 1 is 1.23 bits per heavy atom. The molecule has 22 heavy (non-hydrogen) atoms. The summed E-state index contributed by atoms with van der Waals surface area (Å²) in [6, 6.07) is 8.66. The van der Waals surface area contributed by atoms with E-state index in [-0.39, 0.29) is 18.4 Å². The molecule has 0 unspecified atom stereocenters. The van der Waals surface area contributed by atoms with Gasteiger partial charge in [0, 0.05) is 14.1 Å². The van der Waals surface area contributed by atoms with Crippen LogP contribution in [0, 0.1) is 0 Å². The molecule has 4 amide bonds. The van der Waals surface area contributed by atoms with E-state index >= 15 is 0 Å². The van der Waals surface area contributed by atoms with Gasteiger partial charge in [-0.25, -0.2) is 4.79 Å². The van der Waals surface area contributed by atoms with Crippen molar-refractivity contribution in [1.29, 1.82) is 0 Å². The fourth-order valence-corrected chi connectivity index (χ4v) is 2.65. The van der Waals surface area contributed by atoms with Crippen molar-refractivity contribution in [3.8, 4) is 0 Å². The molecule has 1 N–H and O–H groups in total. The third-order valence-electron chi connectivity index (χ3n) is 3.86. The molecule has 6 nitrogen and oxygen atoms in total. The number of imide groups is 1. The summed E-state index contributed by atoms with van der Waals surface area (Å²) in [5, 5.41) is 2.80. The number of urea groups is 1. The van der Waals surface area contributed by atoms with Crippen molar-refractivity contribution in [2.24, 2.45) is 0 Å². The van der Waals surface area contributed by atoms with Crippen molar-refractivity contribution in [1.82, 2.24) is 15.1 Å². The molecule has 0 aliphatic carbocycles. The second kappa shape index (κ2) is 6.17. The molecule has 0 radical (unpaired) electrons. The van der Waals surface area contributed by atoms with Crippen LogP contribution in [0.1, 0.15) is 25.3 Å². The minimum absolute atomic E-state index is 0.240. The number of nitrogens with one attached hydrogen (secondary N) is 1. The minimum Gasteiger partial charge on any atom is -0.347 e. The zero-order chi connectivity index (χ0) is 16.3. The van der Waals surface area contributed by atoms with Gasteiger partial charge in [0.1, 0.15) is 12.1 Å². The molecule has 0 saturated carbocycles. The van der Waals surface area contributed by atoms with E-state index in [1.165, 1.54) is 4.90 Å². The van der Waals surface area contributed by atoms with Gasteiger partial charge in [0.25, 0.3) is 5.91 Å². The fraction of sp³-hybridized carbons (Fsp3) is 0.438. The molecule has 1 aromatic carbocycles. The van der Waals surface area contributed by atoms with Gasteiger partial charge in [0.15, 0.2) is 0 Å². The van der Waals surface area contributed by atoms with Crippen LogP contribution in [0.4, 0.5) is 4.79 Å². The maximum atomic E-state index is 12.9. The average Bonchev–Trinajstić information content (AvgIpc) is 2.73. The summed E-state index contributed by atoms with van der Waals surface area (Å²) in [6.45, 7) is 1.72. The first kappa shape index (κ1) is 16.0. The van der Waals surface area contributed by atoms with Crippen LogP contribution in [-0.2, 0) is 15.1 Å². The van der Waals surface area contributed by atoms with E-state index in [9.17, 15) is 14.4 Å². The highest BCUT2D eigenvalue weighted by Gasteiger charge is 2.52. The number of likely N-dealkylation sites (N-methyl/N-ethyl adjacent to an activating group) is 1. The molecular weight excluding hydrogens is 282 g/mol. The van der Waals surface area contributed by atoms with Crippen molar-refractivity contribution < 1.29 is 14.4 Å². The summed E-state index contributed by atoms with van der Waals surface area (Å²) in [5.74, 6) is -0.649. The van der Waals surface area contributed by atoms with E-state index in [4.69, 9.17) is 0 Å². The van der Waals surface area contributed by atoms with Crippen LogP contribution >= 0.6 is 0 Å². The van der Waals surface area contributed by atoms with Gasteiger partial charge >= 0.3 is 6.03 Å². The maximum absolute atomic E-state index is 12.9. The molecule has 1 aliphatic rings. The van der Waals surface area contributed by atoms with Crippen molar-refractivity contribution in [3.05, 3.63) is 35.9 Å². The van der Waals surface area contributed by atoms with Crippen molar-refractivity contribution in [2.45, 2.75) is 25.3 Å². The van der Waals surface area contributed by atoms with Crippen LogP contribution in [0.25, 0.3) is 0 Å². The Balaban J connectivity index is 2.36. The normalized spacial score (nSPS) is 21.0. The highest BCUT2D eigenvalue weighted by Crippen LogP contribution is 2.33. The van der Waals surface area contributed by atoms with Crippen LogP contribution in [0.3, 0.4) is 0 Å². The molecule has 2 rings (SSSR count). The fourth-order valence-electron chi connectivity index (χ4n) is 2.65. The highest BCUT2D eigenvalue weighted by atomic mass is 16.2. The number of hydrogen-bond acceptors (Lipinski definition) is 3. The standard InChI is InChI=1S/C16H21N3O3/c1-4-10-16(12-8-6-5-7-9-12)14(21)19(15(22)17-16)11-13(20)18(2)3/h5-9H,4,10-11H2,1-3H3,(H,17,22)/t16-/m1/s1. The van der Waals surface area contributed by atoms with Gasteiger partial charge in [-0.1, -0.05) is 43.7 Å². The number of benzene rings is 1. The quantitative estimate of drug-likeness (QED) is 0.834.